The van der Waals surface area contributed by atoms with E-state index in [2.05, 4.69) is 11.1 Å². The number of para-hydroxylation sites is 1. The normalized spacial score (nSPS) is 14.5. The van der Waals surface area contributed by atoms with Crippen LogP contribution in [0, 0.1) is 11.5 Å². The van der Waals surface area contributed by atoms with E-state index < -0.39 is 0 Å². The van der Waals surface area contributed by atoms with Gasteiger partial charge in [0, 0.05) is 12.2 Å². The first kappa shape index (κ1) is 7.81. The van der Waals surface area contributed by atoms with Crippen molar-refractivity contribution in [3.8, 4) is 6.19 Å². The molecule has 0 atom stereocenters. The van der Waals surface area contributed by atoms with Gasteiger partial charge in [0.05, 0.1) is 0 Å². The molecule has 0 spiro atoms. The standard InChI is InChI=1S/C10H9N3/c11-7-12-8-13-6-5-9-3-1-2-4-10(9)13/h1-4,8H,5-6H2. The van der Waals surface area contributed by atoms with Gasteiger partial charge in [-0.15, -0.1) is 0 Å². The molecule has 0 aliphatic carbocycles. The summed E-state index contributed by atoms with van der Waals surface area (Å²) in [7, 11) is 0. The van der Waals surface area contributed by atoms with Gasteiger partial charge in [-0.05, 0) is 18.1 Å². The first-order valence-corrected chi connectivity index (χ1v) is 4.18. The van der Waals surface area contributed by atoms with Crippen LogP contribution in [0.15, 0.2) is 29.3 Å². The lowest BCUT2D eigenvalue weighted by atomic mass is 10.2. The fraction of sp³-hybridized carbons (Fsp3) is 0.200. The number of hydrogen-bond donors (Lipinski definition) is 0. The summed E-state index contributed by atoms with van der Waals surface area (Å²) in [4.78, 5) is 5.56. The van der Waals surface area contributed by atoms with Crippen LogP contribution in [0.3, 0.4) is 0 Å². The molecule has 0 N–H and O–H groups in total. The molecule has 3 nitrogen and oxygen atoms in total. The van der Waals surface area contributed by atoms with Crippen molar-refractivity contribution >= 4 is 12.0 Å². The van der Waals surface area contributed by atoms with Crippen molar-refractivity contribution in [1.29, 1.82) is 5.26 Å². The molecule has 1 aliphatic heterocycles. The number of benzene rings is 1. The van der Waals surface area contributed by atoms with Gasteiger partial charge in [-0.1, -0.05) is 18.2 Å². The summed E-state index contributed by atoms with van der Waals surface area (Å²) < 4.78 is 0. The quantitative estimate of drug-likeness (QED) is 0.365. The molecule has 2 rings (SSSR count). The van der Waals surface area contributed by atoms with Crippen molar-refractivity contribution in [2.75, 3.05) is 11.4 Å². The van der Waals surface area contributed by atoms with Crippen molar-refractivity contribution in [3.63, 3.8) is 0 Å². The van der Waals surface area contributed by atoms with Gasteiger partial charge in [0.2, 0.25) is 6.19 Å². The Labute approximate surface area is 76.9 Å². The lowest BCUT2D eigenvalue weighted by molar-refractivity contribution is 1.03. The van der Waals surface area contributed by atoms with Crippen LogP contribution in [-0.2, 0) is 6.42 Å². The van der Waals surface area contributed by atoms with Crippen LogP contribution in [0.1, 0.15) is 5.56 Å². The van der Waals surface area contributed by atoms with E-state index in [1.165, 1.54) is 11.3 Å². The third kappa shape index (κ3) is 1.38. The number of fused-ring (bicyclic) bond motifs is 1. The van der Waals surface area contributed by atoms with Gasteiger partial charge in [-0.25, -0.2) is 0 Å². The molecule has 0 radical (unpaired) electrons. The summed E-state index contributed by atoms with van der Waals surface area (Å²) in [5.41, 5.74) is 2.49. The molecule has 13 heavy (non-hydrogen) atoms. The lowest BCUT2D eigenvalue weighted by Gasteiger charge is -2.10. The largest absolute Gasteiger partial charge is 0.331 e. The Hall–Kier alpha value is -1.82. The van der Waals surface area contributed by atoms with Crippen molar-refractivity contribution in [2.45, 2.75) is 6.42 Å². The van der Waals surface area contributed by atoms with Crippen LogP contribution < -0.4 is 4.90 Å². The average molecular weight is 171 g/mol. The van der Waals surface area contributed by atoms with Gasteiger partial charge in [-0.3, -0.25) is 0 Å². The third-order valence-corrected chi connectivity index (χ3v) is 2.18. The molecule has 0 saturated carbocycles. The SMILES string of the molecule is N#CN=CN1CCc2ccccc21. The molecular formula is C10H9N3. The van der Waals surface area contributed by atoms with Crippen LogP contribution in [-0.4, -0.2) is 12.9 Å². The Bertz CT molecular complexity index is 376. The predicted molar refractivity (Wildman–Crippen MR) is 51.6 cm³/mol. The molecule has 0 aromatic heterocycles. The molecule has 0 saturated heterocycles. The van der Waals surface area contributed by atoms with E-state index in [9.17, 15) is 0 Å². The van der Waals surface area contributed by atoms with Crippen LogP contribution in [0.5, 0.6) is 0 Å². The molecule has 1 aromatic rings. The summed E-state index contributed by atoms with van der Waals surface area (Å²) in [6.45, 7) is 0.921. The summed E-state index contributed by atoms with van der Waals surface area (Å²) in [5, 5.41) is 8.30. The average Bonchev–Trinajstić information content (AvgIpc) is 2.58. The molecule has 0 fully saturated rings. The minimum Gasteiger partial charge on any atom is -0.331 e. The van der Waals surface area contributed by atoms with E-state index in [-0.39, 0.29) is 0 Å². The Kier molecular flexibility index (Phi) is 1.97. The van der Waals surface area contributed by atoms with Crippen LogP contribution in [0.4, 0.5) is 5.69 Å². The van der Waals surface area contributed by atoms with Crippen molar-refractivity contribution < 1.29 is 0 Å². The highest BCUT2D eigenvalue weighted by Gasteiger charge is 2.15. The molecule has 64 valence electrons. The zero-order chi connectivity index (χ0) is 9.10. The fourth-order valence-corrected chi connectivity index (χ4v) is 1.58. The maximum Gasteiger partial charge on any atom is 0.207 e. The van der Waals surface area contributed by atoms with Crippen LogP contribution in [0.2, 0.25) is 0 Å². The summed E-state index contributed by atoms with van der Waals surface area (Å²) in [6.07, 6.45) is 4.38. The van der Waals surface area contributed by atoms with Gasteiger partial charge in [-0.2, -0.15) is 10.3 Å². The van der Waals surface area contributed by atoms with Crippen LogP contribution in [0.25, 0.3) is 0 Å². The molecule has 0 amide bonds. The van der Waals surface area contributed by atoms with Gasteiger partial charge in [0.25, 0.3) is 0 Å². The maximum atomic E-state index is 8.30. The summed E-state index contributed by atoms with van der Waals surface area (Å²) in [5.74, 6) is 0. The number of hydrogen-bond acceptors (Lipinski definition) is 2. The second-order valence-electron chi connectivity index (χ2n) is 2.92. The van der Waals surface area contributed by atoms with Gasteiger partial charge < -0.3 is 4.90 Å². The second kappa shape index (κ2) is 3.28. The van der Waals surface area contributed by atoms with E-state index in [0.29, 0.717) is 0 Å². The Morgan fingerprint density at radius 3 is 3.15 bits per heavy atom. The van der Waals surface area contributed by atoms with Gasteiger partial charge in [0.15, 0.2) is 0 Å². The molecule has 0 unspecified atom stereocenters. The zero-order valence-corrected chi connectivity index (χ0v) is 7.14. The summed E-state index contributed by atoms with van der Waals surface area (Å²) in [6, 6.07) is 8.18. The predicted octanol–water partition coefficient (Wildman–Crippen LogP) is 1.56. The van der Waals surface area contributed by atoms with Crippen molar-refractivity contribution in [2.24, 2.45) is 4.99 Å². The smallest absolute Gasteiger partial charge is 0.207 e. The summed E-state index contributed by atoms with van der Waals surface area (Å²) >= 11 is 0. The second-order valence-corrected chi connectivity index (χ2v) is 2.92. The van der Waals surface area contributed by atoms with E-state index in [0.717, 1.165) is 13.0 Å². The highest BCUT2D eigenvalue weighted by Crippen LogP contribution is 2.25. The number of rotatable bonds is 1. The molecular weight excluding hydrogens is 162 g/mol. The lowest BCUT2D eigenvalue weighted by Crippen LogP contribution is -2.17. The number of nitriles is 1. The van der Waals surface area contributed by atoms with E-state index >= 15 is 0 Å². The minimum absolute atomic E-state index is 0.921. The van der Waals surface area contributed by atoms with Gasteiger partial charge in [0.1, 0.15) is 6.34 Å². The van der Waals surface area contributed by atoms with Crippen LogP contribution >= 0.6 is 0 Å². The molecule has 1 heterocycles. The Morgan fingerprint density at radius 2 is 2.31 bits per heavy atom. The van der Waals surface area contributed by atoms with Gasteiger partial charge >= 0.3 is 0 Å². The van der Waals surface area contributed by atoms with Crippen molar-refractivity contribution in [1.82, 2.24) is 0 Å². The first-order chi connectivity index (χ1) is 6.42. The zero-order valence-electron chi connectivity index (χ0n) is 7.14. The monoisotopic (exact) mass is 171 g/mol. The van der Waals surface area contributed by atoms with E-state index in [1.54, 1.807) is 12.5 Å². The molecule has 3 heteroatoms. The third-order valence-electron chi connectivity index (χ3n) is 2.18. The highest BCUT2D eigenvalue weighted by molar-refractivity contribution is 5.83. The highest BCUT2D eigenvalue weighted by atomic mass is 15.2. The minimum atomic E-state index is 0.921. The molecule has 1 aliphatic rings. The number of aliphatic imine (C=N–C) groups is 1. The number of nitrogens with zero attached hydrogens (tertiary/aromatic N) is 3. The fourth-order valence-electron chi connectivity index (χ4n) is 1.58. The topological polar surface area (TPSA) is 39.4 Å². The molecule has 1 aromatic carbocycles. The Balaban J connectivity index is 2.29. The van der Waals surface area contributed by atoms with E-state index in [1.807, 2.05) is 23.1 Å². The number of anilines is 1. The van der Waals surface area contributed by atoms with Crippen molar-refractivity contribution in [3.05, 3.63) is 29.8 Å². The molecule has 0 bridgehead atoms. The maximum absolute atomic E-state index is 8.30. The first-order valence-electron chi connectivity index (χ1n) is 4.18. The van der Waals surface area contributed by atoms with E-state index in [4.69, 9.17) is 5.26 Å². The Morgan fingerprint density at radius 1 is 1.46 bits per heavy atom.